The summed E-state index contributed by atoms with van der Waals surface area (Å²) in [6.07, 6.45) is 0.324. The number of hydrogen-bond acceptors (Lipinski definition) is 5. The van der Waals surface area contributed by atoms with Crippen LogP contribution in [0, 0.1) is 0 Å². The fourth-order valence-electron chi connectivity index (χ4n) is 3.14. The molecule has 0 fully saturated rings. The maximum absolute atomic E-state index is 11.3. The van der Waals surface area contributed by atoms with Crippen molar-refractivity contribution in [2.75, 3.05) is 11.1 Å². The van der Waals surface area contributed by atoms with Gasteiger partial charge >= 0.3 is 6.09 Å². The molecule has 0 saturated heterocycles. The van der Waals surface area contributed by atoms with Crippen LogP contribution in [-0.4, -0.2) is 32.3 Å². The molecule has 9 nitrogen and oxygen atoms in total. The van der Waals surface area contributed by atoms with Crippen LogP contribution in [0.15, 0.2) is 54.7 Å². The van der Waals surface area contributed by atoms with Crippen molar-refractivity contribution in [3.05, 3.63) is 60.3 Å². The first kappa shape index (κ1) is 18.0. The minimum Gasteiger partial charge on any atom is -0.465 e. The lowest BCUT2D eigenvalue weighted by molar-refractivity contribution is 0.1000. The molecule has 0 aliphatic carbocycles. The second-order valence-electron chi connectivity index (χ2n) is 6.36. The number of nitrogens with zero attached hydrogens (tertiary/aromatic N) is 2. The normalized spacial score (nSPS) is 10.8. The highest BCUT2D eigenvalue weighted by atomic mass is 16.4. The van der Waals surface area contributed by atoms with Gasteiger partial charge in [0.15, 0.2) is 5.82 Å². The van der Waals surface area contributed by atoms with Crippen LogP contribution in [0.5, 0.6) is 0 Å². The van der Waals surface area contributed by atoms with Crippen LogP contribution >= 0.6 is 0 Å². The summed E-state index contributed by atoms with van der Waals surface area (Å²) >= 11 is 0. The third kappa shape index (κ3) is 3.44. The van der Waals surface area contributed by atoms with Crippen LogP contribution in [0.3, 0.4) is 0 Å². The van der Waals surface area contributed by atoms with Gasteiger partial charge in [-0.3, -0.25) is 15.2 Å². The van der Waals surface area contributed by atoms with Crippen molar-refractivity contribution in [1.82, 2.24) is 15.2 Å². The Bertz CT molecular complexity index is 1250. The van der Waals surface area contributed by atoms with E-state index in [0.717, 1.165) is 33.2 Å². The molecule has 2 amide bonds. The number of primary amides is 1. The number of aromatic nitrogens is 3. The fourth-order valence-corrected chi connectivity index (χ4v) is 3.14. The van der Waals surface area contributed by atoms with Crippen molar-refractivity contribution in [3.63, 3.8) is 0 Å². The quantitative estimate of drug-likeness (QED) is 0.361. The first-order valence-electron chi connectivity index (χ1n) is 8.56. The van der Waals surface area contributed by atoms with Crippen LogP contribution in [0.4, 0.5) is 16.4 Å². The highest BCUT2D eigenvalue weighted by Crippen LogP contribution is 2.35. The van der Waals surface area contributed by atoms with Gasteiger partial charge in [0.1, 0.15) is 5.82 Å². The SMILES string of the molecule is NC(=O)c1ccc(-c2cc(-c3ccnc(NC(=O)O)c3)cc3c(N)n[nH]c23)cc1. The van der Waals surface area contributed by atoms with E-state index in [4.69, 9.17) is 16.6 Å². The van der Waals surface area contributed by atoms with E-state index in [9.17, 15) is 9.59 Å². The Hall–Kier alpha value is -4.40. The van der Waals surface area contributed by atoms with Crippen LogP contribution in [0.2, 0.25) is 0 Å². The number of anilines is 2. The van der Waals surface area contributed by atoms with Crippen molar-refractivity contribution in [2.45, 2.75) is 0 Å². The van der Waals surface area contributed by atoms with Gasteiger partial charge in [0, 0.05) is 22.7 Å². The number of nitrogens with one attached hydrogen (secondary N) is 2. The summed E-state index contributed by atoms with van der Waals surface area (Å²) in [5.74, 6) is 0.0499. The van der Waals surface area contributed by atoms with E-state index in [-0.39, 0.29) is 5.82 Å². The summed E-state index contributed by atoms with van der Waals surface area (Å²) in [7, 11) is 0. The standard InChI is InChI=1S/C20H16N6O3/c21-18-15-8-13(12-5-6-23-16(9-12)24-20(28)29)7-14(17(15)25-26-18)10-1-3-11(4-2-10)19(22)27/h1-9H,(H2,22,27)(H,23,24)(H,28,29)(H3,21,25,26). The number of carboxylic acid groups (broad SMARTS) is 1. The van der Waals surface area contributed by atoms with E-state index in [0.29, 0.717) is 11.4 Å². The minimum atomic E-state index is -1.19. The lowest BCUT2D eigenvalue weighted by Crippen LogP contribution is -2.10. The third-order valence-electron chi connectivity index (χ3n) is 4.51. The van der Waals surface area contributed by atoms with E-state index < -0.39 is 12.0 Å². The summed E-state index contributed by atoms with van der Waals surface area (Å²) in [4.78, 5) is 26.3. The molecule has 0 aliphatic heterocycles. The zero-order valence-electron chi connectivity index (χ0n) is 15.0. The van der Waals surface area contributed by atoms with Crippen molar-refractivity contribution in [2.24, 2.45) is 5.73 Å². The fraction of sp³-hybridized carbons (Fsp3) is 0. The van der Waals surface area contributed by atoms with Gasteiger partial charge < -0.3 is 16.6 Å². The van der Waals surface area contributed by atoms with Crippen LogP contribution in [0.1, 0.15) is 10.4 Å². The number of carbonyl (C=O) groups is 2. The van der Waals surface area contributed by atoms with E-state index in [1.165, 1.54) is 6.20 Å². The third-order valence-corrected chi connectivity index (χ3v) is 4.51. The first-order chi connectivity index (χ1) is 13.9. The molecule has 0 bridgehead atoms. The number of aromatic amines is 1. The number of pyridine rings is 1. The van der Waals surface area contributed by atoms with E-state index in [1.807, 2.05) is 12.1 Å². The Labute approximate surface area is 164 Å². The molecule has 0 unspecified atom stereocenters. The molecule has 0 spiro atoms. The number of benzene rings is 2. The van der Waals surface area contributed by atoms with Gasteiger partial charge in [0.2, 0.25) is 5.91 Å². The molecule has 0 saturated carbocycles. The second kappa shape index (κ2) is 6.97. The average molecular weight is 388 g/mol. The Morgan fingerprint density at radius 3 is 2.45 bits per heavy atom. The zero-order valence-corrected chi connectivity index (χ0v) is 15.0. The van der Waals surface area contributed by atoms with E-state index >= 15 is 0 Å². The minimum absolute atomic E-state index is 0.211. The van der Waals surface area contributed by atoms with Gasteiger partial charge in [0.05, 0.1) is 5.52 Å². The van der Waals surface area contributed by atoms with Gasteiger partial charge in [-0.2, -0.15) is 5.10 Å². The van der Waals surface area contributed by atoms with Gasteiger partial charge in [-0.25, -0.2) is 9.78 Å². The predicted molar refractivity (Wildman–Crippen MR) is 109 cm³/mol. The maximum Gasteiger partial charge on any atom is 0.410 e. The molecule has 4 aromatic rings. The van der Waals surface area contributed by atoms with Gasteiger partial charge in [-0.05, 0) is 53.1 Å². The number of nitrogens with two attached hydrogens (primary N) is 2. The first-order valence-corrected chi connectivity index (χ1v) is 8.56. The number of rotatable bonds is 4. The maximum atomic E-state index is 11.3. The molecule has 7 N–H and O–H groups in total. The Balaban J connectivity index is 1.88. The summed E-state index contributed by atoms with van der Waals surface area (Å²) in [6, 6.07) is 14.1. The molecule has 144 valence electrons. The number of H-pyrrole nitrogens is 1. The number of nitrogen functional groups attached to an aromatic ring is 1. The molecular formula is C20H16N6O3. The van der Waals surface area contributed by atoms with Crippen LogP contribution < -0.4 is 16.8 Å². The monoisotopic (exact) mass is 388 g/mol. The Morgan fingerprint density at radius 2 is 1.76 bits per heavy atom. The number of fused-ring (bicyclic) bond motifs is 1. The van der Waals surface area contributed by atoms with Gasteiger partial charge in [0.25, 0.3) is 0 Å². The van der Waals surface area contributed by atoms with Crippen molar-refractivity contribution >= 4 is 34.5 Å². The molecule has 29 heavy (non-hydrogen) atoms. The number of hydrogen-bond donors (Lipinski definition) is 5. The largest absolute Gasteiger partial charge is 0.465 e. The molecule has 0 radical (unpaired) electrons. The summed E-state index contributed by atoms with van der Waals surface area (Å²) in [5.41, 5.74) is 15.7. The van der Waals surface area contributed by atoms with Gasteiger partial charge in [-0.15, -0.1) is 0 Å². The molecule has 9 heteroatoms. The Kier molecular flexibility index (Phi) is 4.32. The average Bonchev–Trinajstić information content (AvgIpc) is 3.08. The molecule has 2 aromatic heterocycles. The lowest BCUT2D eigenvalue weighted by atomic mass is 9.96. The highest BCUT2D eigenvalue weighted by Gasteiger charge is 2.14. The molecule has 0 atom stereocenters. The molecule has 0 aliphatic rings. The summed E-state index contributed by atoms with van der Waals surface area (Å²) in [5, 5.41) is 18.9. The van der Waals surface area contributed by atoms with E-state index in [1.54, 1.807) is 36.4 Å². The second-order valence-corrected chi connectivity index (χ2v) is 6.36. The summed E-state index contributed by atoms with van der Waals surface area (Å²) in [6.45, 7) is 0. The van der Waals surface area contributed by atoms with Crippen molar-refractivity contribution in [1.29, 1.82) is 0 Å². The lowest BCUT2D eigenvalue weighted by Gasteiger charge is -2.10. The molecule has 2 aromatic carbocycles. The Morgan fingerprint density at radius 1 is 1.00 bits per heavy atom. The zero-order chi connectivity index (χ0) is 20.5. The van der Waals surface area contributed by atoms with Crippen molar-refractivity contribution in [3.8, 4) is 22.3 Å². The molecular weight excluding hydrogens is 372 g/mol. The predicted octanol–water partition coefficient (Wildman–Crippen LogP) is 3.06. The topological polar surface area (TPSA) is 160 Å². The smallest absolute Gasteiger partial charge is 0.410 e. The van der Waals surface area contributed by atoms with Crippen LogP contribution in [-0.2, 0) is 0 Å². The number of carbonyl (C=O) groups excluding carboxylic acids is 1. The molecule has 2 heterocycles. The van der Waals surface area contributed by atoms with Crippen LogP contribution in [0.25, 0.3) is 33.2 Å². The molecule has 4 rings (SSSR count). The van der Waals surface area contributed by atoms with E-state index in [2.05, 4.69) is 20.5 Å². The number of amides is 2. The van der Waals surface area contributed by atoms with Gasteiger partial charge in [-0.1, -0.05) is 12.1 Å². The van der Waals surface area contributed by atoms with Crippen molar-refractivity contribution < 1.29 is 14.7 Å². The summed E-state index contributed by atoms with van der Waals surface area (Å²) < 4.78 is 0. The highest BCUT2D eigenvalue weighted by molar-refractivity contribution is 6.03.